The first-order valence-electron chi connectivity index (χ1n) is 8.86. The van der Waals surface area contributed by atoms with Gasteiger partial charge in [-0.15, -0.1) is 0 Å². The standard InChI is InChI=1S/C21H21NO3/c23-20(13-5-7-14(8-6-13)21(24)25)22-17-9-10-19-16(12-17)11-15-3-1-2-4-18(15)19/h1-4,9-10,12-14H,5-8,11H2,(H,22,23)(H,24,25). The summed E-state index contributed by atoms with van der Waals surface area (Å²) in [6, 6.07) is 14.5. The van der Waals surface area contributed by atoms with Gasteiger partial charge in [-0.3, -0.25) is 9.59 Å². The van der Waals surface area contributed by atoms with E-state index >= 15 is 0 Å². The van der Waals surface area contributed by atoms with Gasteiger partial charge in [0.1, 0.15) is 0 Å². The van der Waals surface area contributed by atoms with Gasteiger partial charge in [0.25, 0.3) is 0 Å². The van der Waals surface area contributed by atoms with E-state index in [1.165, 1.54) is 22.3 Å². The molecule has 128 valence electrons. The Morgan fingerprint density at radius 1 is 0.880 bits per heavy atom. The van der Waals surface area contributed by atoms with Crippen LogP contribution in [-0.2, 0) is 16.0 Å². The normalized spacial score (nSPS) is 21.3. The molecule has 1 amide bonds. The molecule has 0 spiro atoms. The Hall–Kier alpha value is -2.62. The molecule has 2 aliphatic rings. The number of amides is 1. The van der Waals surface area contributed by atoms with E-state index in [1.807, 2.05) is 6.07 Å². The van der Waals surface area contributed by atoms with Crippen molar-refractivity contribution in [3.63, 3.8) is 0 Å². The minimum Gasteiger partial charge on any atom is -0.481 e. The van der Waals surface area contributed by atoms with Crippen LogP contribution < -0.4 is 5.32 Å². The zero-order chi connectivity index (χ0) is 17.4. The van der Waals surface area contributed by atoms with Crippen LogP contribution in [-0.4, -0.2) is 17.0 Å². The molecule has 0 heterocycles. The Kier molecular flexibility index (Phi) is 4.04. The molecule has 0 unspecified atom stereocenters. The third-order valence-corrected chi connectivity index (χ3v) is 5.51. The van der Waals surface area contributed by atoms with Crippen molar-refractivity contribution in [3.8, 4) is 11.1 Å². The number of fused-ring (bicyclic) bond motifs is 3. The van der Waals surface area contributed by atoms with Gasteiger partial charge in [0.05, 0.1) is 5.92 Å². The number of nitrogens with one attached hydrogen (secondary N) is 1. The molecule has 0 saturated heterocycles. The Morgan fingerprint density at radius 3 is 2.32 bits per heavy atom. The second-order valence-corrected chi connectivity index (χ2v) is 7.08. The lowest BCUT2D eigenvalue weighted by Crippen LogP contribution is -2.29. The third-order valence-electron chi connectivity index (χ3n) is 5.51. The smallest absolute Gasteiger partial charge is 0.306 e. The van der Waals surface area contributed by atoms with Gasteiger partial charge in [0, 0.05) is 11.6 Å². The van der Waals surface area contributed by atoms with Crippen molar-refractivity contribution in [2.24, 2.45) is 11.8 Å². The SMILES string of the molecule is O=C(O)C1CCC(C(=O)Nc2ccc3c(c2)Cc2ccccc2-3)CC1. The molecule has 0 atom stereocenters. The largest absolute Gasteiger partial charge is 0.481 e. The summed E-state index contributed by atoms with van der Waals surface area (Å²) >= 11 is 0. The average molecular weight is 335 g/mol. The molecule has 4 rings (SSSR count). The first-order valence-corrected chi connectivity index (χ1v) is 8.86. The van der Waals surface area contributed by atoms with E-state index < -0.39 is 5.97 Å². The van der Waals surface area contributed by atoms with Crippen LogP contribution in [0.4, 0.5) is 5.69 Å². The number of aliphatic carboxylic acids is 1. The number of carbonyl (C=O) groups is 2. The maximum Gasteiger partial charge on any atom is 0.306 e. The molecule has 0 aliphatic heterocycles. The number of anilines is 1. The highest BCUT2D eigenvalue weighted by atomic mass is 16.4. The molecular formula is C21H21NO3. The van der Waals surface area contributed by atoms with Crippen molar-refractivity contribution in [2.45, 2.75) is 32.1 Å². The molecule has 4 heteroatoms. The molecule has 4 nitrogen and oxygen atoms in total. The summed E-state index contributed by atoms with van der Waals surface area (Å²) in [4.78, 5) is 23.5. The van der Waals surface area contributed by atoms with Crippen molar-refractivity contribution in [3.05, 3.63) is 53.6 Å². The Morgan fingerprint density at radius 2 is 1.56 bits per heavy atom. The summed E-state index contributed by atoms with van der Waals surface area (Å²) in [5, 5.41) is 12.1. The van der Waals surface area contributed by atoms with E-state index in [2.05, 4.69) is 41.7 Å². The highest BCUT2D eigenvalue weighted by molar-refractivity contribution is 5.93. The summed E-state index contributed by atoms with van der Waals surface area (Å²) in [6.45, 7) is 0. The summed E-state index contributed by atoms with van der Waals surface area (Å²) in [6.07, 6.45) is 3.39. The number of carboxylic acids is 1. The van der Waals surface area contributed by atoms with Crippen LogP contribution >= 0.6 is 0 Å². The molecule has 0 radical (unpaired) electrons. The zero-order valence-corrected chi connectivity index (χ0v) is 14.0. The highest BCUT2D eigenvalue weighted by Crippen LogP contribution is 2.38. The molecular weight excluding hydrogens is 314 g/mol. The first kappa shape index (κ1) is 15.9. The maximum absolute atomic E-state index is 12.5. The monoisotopic (exact) mass is 335 g/mol. The number of rotatable bonds is 3. The fourth-order valence-electron chi connectivity index (χ4n) is 4.07. The molecule has 1 fully saturated rings. The Bertz CT molecular complexity index is 835. The van der Waals surface area contributed by atoms with E-state index in [0.717, 1.165) is 12.1 Å². The van der Waals surface area contributed by atoms with E-state index in [9.17, 15) is 9.59 Å². The van der Waals surface area contributed by atoms with Crippen molar-refractivity contribution in [2.75, 3.05) is 5.32 Å². The van der Waals surface area contributed by atoms with Gasteiger partial charge >= 0.3 is 5.97 Å². The van der Waals surface area contributed by atoms with Crippen LogP contribution in [0.1, 0.15) is 36.8 Å². The molecule has 1 saturated carbocycles. The van der Waals surface area contributed by atoms with Gasteiger partial charge in [-0.2, -0.15) is 0 Å². The van der Waals surface area contributed by atoms with Crippen molar-refractivity contribution < 1.29 is 14.7 Å². The summed E-state index contributed by atoms with van der Waals surface area (Å²) < 4.78 is 0. The van der Waals surface area contributed by atoms with Gasteiger partial charge in [-0.1, -0.05) is 30.3 Å². The number of carboxylic acid groups (broad SMARTS) is 1. The fraction of sp³-hybridized carbons (Fsp3) is 0.333. The quantitative estimate of drug-likeness (QED) is 0.758. The van der Waals surface area contributed by atoms with E-state index in [4.69, 9.17) is 5.11 Å². The van der Waals surface area contributed by atoms with Crippen molar-refractivity contribution >= 4 is 17.6 Å². The van der Waals surface area contributed by atoms with Crippen molar-refractivity contribution in [1.29, 1.82) is 0 Å². The van der Waals surface area contributed by atoms with Crippen LogP contribution in [0, 0.1) is 11.8 Å². The van der Waals surface area contributed by atoms with Crippen LogP contribution in [0.3, 0.4) is 0 Å². The van der Waals surface area contributed by atoms with E-state index in [-0.39, 0.29) is 17.7 Å². The molecule has 2 aliphatic carbocycles. The lowest BCUT2D eigenvalue weighted by molar-refractivity contribution is -0.143. The molecule has 0 aromatic heterocycles. The highest BCUT2D eigenvalue weighted by Gasteiger charge is 2.30. The third kappa shape index (κ3) is 3.04. The number of carbonyl (C=O) groups excluding carboxylic acids is 1. The number of hydrogen-bond donors (Lipinski definition) is 2. The van der Waals surface area contributed by atoms with Gasteiger partial charge in [-0.25, -0.2) is 0 Å². The predicted octanol–water partition coefficient (Wildman–Crippen LogP) is 4.09. The van der Waals surface area contributed by atoms with Crippen LogP contribution in [0.15, 0.2) is 42.5 Å². The molecule has 2 N–H and O–H groups in total. The Labute approximate surface area is 146 Å². The second kappa shape index (κ2) is 6.36. The number of benzene rings is 2. The molecule has 2 aromatic rings. The molecule has 2 aromatic carbocycles. The lowest BCUT2D eigenvalue weighted by Gasteiger charge is -2.25. The van der Waals surface area contributed by atoms with Gasteiger partial charge in [0.2, 0.25) is 5.91 Å². The van der Waals surface area contributed by atoms with Gasteiger partial charge < -0.3 is 10.4 Å². The second-order valence-electron chi connectivity index (χ2n) is 7.08. The minimum absolute atomic E-state index is 0.0132. The first-order chi connectivity index (χ1) is 12.1. The number of hydrogen-bond acceptors (Lipinski definition) is 2. The summed E-state index contributed by atoms with van der Waals surface area (Å²) in [5.41, 5.74) is 5.93. The molecule has 25 heavy (non-hydrogen) atoms. The summed E-state index contributed by atoms with van der Waals surface area (Å²) in [5.74, 6) is -1.10. The van der Waals surface area contributed by atoms with E-state index in [1.54, 1.807) is 0 Å². The van der Waals surface area contributed by atoms with Crippen LogP contribution in [0.2, 0.25) is 0 Å². The van der Waals surface area contributed by atoms with Crippen molar-refractivity contribution in [1.82, 2.24) is 0 Å². The zero-order valence-electron chi connectivity index (χ0n) is 14.0. The Balaban J connectivity index is 1.43. The predicted molar refractivity (Wildman–Crippen MR) is 96.4 cm³/mol. The maximum atomic E-state index is 12.5. The molecule has 0 bridgehead atoms. The van der Waals surface area contributed by atoms with Crippen LogP contribution in [0.5, 0.6) is 0 Å². The fourth-order valence-corrected chi connectivity index (χ4v) is 4.07. The lowest BCUT2D eigenvalue weighted by atomic mass is 9.81. The van der Waals surface area contributed by atoms with Crippen LogP contribution in [0.25, 0.3) is 11.1 Å². The van der Waals surface area contributed by atoms with Gasteiger partial charge in [0.15, 0.2) is 0 Å². The average Bonchev–Trinajstić information content (AvgIpc) is 2.99. The van der Waals surface area contributed by atoms with Gasteiger partial charge in [-0.05, 0) is 66.5 Å². The minimum atomic E-state index is -0.739. The topological polar surface area (TPSA) is 66.4 Å². The summed E-state index contributed by atoms with van der Waals surface area (Å²) in [7, 11) is 0. The van der Waals surface area contributed by atoms with E-state index in [0.29, 0.717) is 25.7 Å².